The molecular formula is C18H13ClFN3. The molecular weight excluding hydrogens is 313 g/mol. The Kier molecular flexibility index (Phi) is 4.64. The Labute approximate surface area is 138 Å². The largest absolute Gasteiger partial charge is 0.278 e. The summed E-state index contributed by atoms with van der Waals surface area (Å²) >= 11 is 5.79. The lowest BCUT2D eigenvalue weighted by Gasteiger charge is -2.08. The van der Waals surface area contributed by atoms with Gasteiger partial charge in [-0.3, -0.25) is 10.4 Å². The van der Waals surface area contributed by atoms with Crippen LogP contribution in [-0.2, 0) is 0 Å². The van der Waals surface area contributed by atoms with Gasteiger partial charge in [-0.05, 0) is 30.3 Å². The third-order valence-electron chi connectivity index (χ3n) is 3.17. The fraction of sp³-hybridized carbons (Fsp3) is 0. The molecule has 3 nitrogen and oxygen atoms in total. The Balaban J connectivity index is 1.96. The molecule has 3 aromatic rings. The fourth-order valence-corrected chi connectivity index (χ4v) is 2.24. The van der Waals surface area contributed by atoms with Gasteiger partial charge >= 0.3 is 0 Å². The summed E-state index contributed by atoms with van der Waals surface area (Å²) in [5.74, 6) is -0.464. The Hall–Kier alpha value is -2.72. The van der Waals surface area contributed by atoms with E-state index >= 15 is 0 Å². The Bertz CT molecular complexity index is 779. The molecule has 1 heterocycles. The minimum absolute atomic E-state index is 0.0456. The molecule has 0 fully saturated rings. The van der Waals surface area contributed by atoms with E-state index in [1.165, 1.54) is 12.1 Å². The summed E-state index contributed by atoms with van der Waals surface area (Å²) in [6, 6.07) is 19.7. The molecule has 114 valence electrons. The number of halogens is 2. The van der Waals surface area contributed by atoms with Crippen molar-refractivity contribution in [2.24, 2.45) is 5.10 Å². The lowest BCUT2D eigenvalue weighted by Crippen LogP contribution is -2.08. The van der Waals surface area contributed by atoms with Gasteiger partial charge in [0, 0.05) is 11.8 Å². The molecule has 0 saturated carbocycles. The van der Waals surface area contributed by atoms with Gasteiger partial charge in [0.1, 0.15) is 11.5 Å². The Morgan fingerprint density at radius 2 is 1.78 bits per heavy atom. The minimum atomic E-state index is -0.464. The zero-order chi connectivity index (χ0) is 16.1. The summed E-state index contributed by atoms with van der Waals surface area (Å²) in [6.07, 6.45) is 1.71. The maximum absolute atomic E-state index is 13.2. The van der Waals surface area contributed by atoms with Crippen LogP contribution in [0.25, 0.3) is 0 Å². The molecule has 23 heavy (non-hydrogen) atoms. The van der Waals surface area contributed by atoms with Crippen LogP contribution in [0.2, 0.25) is 5.02 Å². The number of rotatable bonds is 4. The average molecular weight is 326 g/mol. The standard InChI is InChI=1S/C18H13ClFN3/c19-15-12-14(9-10-16(15)20)22-23-18(13-6-2-1-3-7-13)17-8-4-5-11-21-17/h1-12,22H/b23-18-. The highest BCUT2D eigenvalue weighted by Gasteiger charge is 2.08. The van der Waals surface area contributed by atoms with Gasteiger partial charge < -0.3 is 0 Å². The first-order valence-electron chi connectivity index (χ1n) is 6.99. The predicted octanol–water partition coefficient (Wildman–Crippen LogP) is 4.74. The van der Waals surface area contributed by atoms with Crippen LogP contribution < -0.4 is 5.43 Å². The van der Waals surface area contributed by atoms with Gasteiger partial charge in [0.25, 0.3) is 0 Å². The van der Waals surface area contributed by atoms with Crippen molar-refractivity contribution in [3.63, 3.8) is 0 Å². The van der Waals surface area contributed by atoms with Crippen molar-refractivity contribution >= 4 is 23.0 Å². The summed E-state index contributed by atoms with van der Waals surface area (Å²) in [6.45, 7) is 0. The first-order chi connectivity index (χ1) is 11.2. The molecule has 0 amide bonds. The van der Waals surface area contributed by atoms with Crippen molar-refractivity contribution in [3.05, 3.63) is 95.0 Å². The van der Waals surface area contributed by atoms with E-state index in [1.54, 1.807) is 12.3 Å². The van der Waals surface area contributed by atoms with Crippen molar-refractivity contribution in [2.45, 2.75) is 0 Å². The molecule has 3 rings (SSSR count). The van der Waals surface area contributed by atoms with E-state index in [1.807, 2.05) is 48.5 Å². The Morgan fingerprint density at radius 3 is 2.48 bits per heavy atom. The zero-order valence-electron chi connectivity index (χ0n) is 12.1. The Morgan fingerprint density at radius 1 is 1.00 bits per heavy atom. The molecule has 1 aromatic heterocycles. The van der Waals surface area contributed by atoms with Crippen LogP contribution in [0.5, 0.6) is 0 Å². The minimum Gasteiger partial charge on any atom is -0.278 e. The van der Waals surface area contributed by atoms with Crippen molar-refractivity contribution in [1.29, 1.82) is 0 Å². The van der Waals surface area contributed by atoms with E-state index in [9.17, 15) is 4.39 Å². The lowest BCUT2D eigenvalue weighted by atomic mass is 10.1. The monoisotopic (exact) mass is 325 g/mol. The van der Waals surface area contributed by atoms with Crippen molar-refractivity contribution in [3.8, 4) is 0 Å². The average Bonchev–Trinajstić information content (AvgIpc) is 2.60. The zero-order valence-corrected chi connectivity index (χ0v) is 12.8. The molecule has 0 radical (unpaired) electrons. The number of hydrogen-bond donors (Lipinski definition) is 1. The van der Waals surface area contributed by atoms with Crippen molar-refractivity contribution < 1.29 is 4.39 Å². The quantitative estimate of drug-likeness (QED) is 0.555. The number of pyridine rings is 1. The second-order valence-electron chi connectivity index (χ2n) is 4.78. The van der Waals surface area contributed by atoms with Crippen molar-refractivity contribution in [1.82, 2.24) is 4.98 Å². The highest BCUT2D eigenvalue weighted by atomic mass is 35.5. The molecule has 0 bridgehead atoms. The summed E-state index contributed by atoms with van der Waals surface area (Å²) < 4.78 is 13.2. The summed E-state index contributed by atoms with van der Waals surface area (Å²) in [7, 11) is 0. The van der Waals surface area contributed by atoms with Crippen LogP contribution in [0, 0.1) is 5.82 Å². The molecule has 0 unspecified atom stereocenters. The topological polar surface area (TPSA) is 37.3 Å². The van der Waals surface area contributed by atoms with Crippen LogP contribution >= 0.6 is 11.6 Å². The predicted molar refractivity (Wildman–Crippen MR) is 91.4 cm³/mol. The number of hydrazone groups is 1. The van der Waals surface area contributed by atoms with E-state index in [-0.39, 0.29) is 5.02 Å². The highest BCUT2D eigenvalue weighted by molar-refractivity contribution is 6.31. The summed E-state index contributed by atoms with van der Waals surface area (Å²) in [4.78, 5) is 4.34. The number of benzene rings is 2. The van der Waals surface area contributed by atoms with Crippen LogP contribution in [0.4, 0.5) is 10.1 Å². The van der Waals surface area contributed by atoms with Crippen LogP contribution in [0.1, 0.15) is 11.3 Å². The lowest BCUT2D eigenvalue weighted by molar-refractivity contribution is 0.628. The highest BCUT2D eigenvalue weighted by Crippen LogP contribution is 2.19. The number of hydrogen-bond acceptors (Lipinski definition) is 3. The molecule has 0 spiro atoms. The van der Waals surface area contributed by atoms with Crippen LogP contribution in [0.3, 0.4) is 0 Å². The molecule has 0 aliphatic heterocycles. The number of anilines is 1. The molecule has 0 aliphatic carbocycles. The maximum atomic E-state index is 13.2. The maximum Gasteiger partial charge on any atom is 0.141 e. The third kappa shape index (κ3) is 3.73. The number of nitrogens with one attached hydrogen (secondary N) is 1. The van der Waals surface area contributed by atoms with E-state index in [2.05, 4.69) is 15.5 Å². The summed E-state index contributed by atoms with van der Waals surface area (Å²) in [5.41, 5.74) is 5.85. The normalized spacial score (nSPS) is 11.3. The number of aromatic nitrogens is 1. The van der Waals surface area contributed by atoms with E-state index in [0.717, 1.165) is 11.3 Å². The van der Waals surface area contributed by atoms with Gasteiger partial charge in [0.05, 0.1) is 16.4 Å². The van der Waals surface area contributed by atoms with Gasteiger partial charge in [-0.2, -0.15) is 5.10 Å². The summed E-state index contributed by atoms with van der Waals surface area (Å²) in [5, 5.41) is 4.47. The molecule has 0 aliphatic rings. The smallest absolute Gasteiger partial charge is 0.141 e. The first kappa shape index (κ1) is 15.2. The van der Waals surface area contributed by atoms with Crippen LogP contribution in [-0.4, -0.2) is 10.7 Å². The van der Waals surface area contributed by atoms with Gasteiger partial charge in [-0.25, -0.2) is 4.39 Å². The fourth-order valence-electron chi connectivity index (χ4n) is 2.05. The first-order valence-corrected chi connectivity index (χ1v) is 7.37. The van der Waals surface area contributed by atoms with Gasteiger partial charge in [0.15, 0.2) is 0 Å². The second-order valence-corrected chi connectivity index (χ2v) is 5.19. The molecule has 5 heteroatoms. The van der Waals surface area contributed by atoms with Gasteiger partial charge in [0.2, 0.25) is 0 Å². The van der Waals surface area contributed by atoms with E-state index < -0.39 is 5.82 Å². The second kappa shape index (κ2) is 7.03. The van der Waals surface area contributed by atoms with Crippen LogP contribution in [0.15, 0.2) is 78.0 Å². The molecule has 1 N–H and O–H groups in total. The van der Waals surface area contributed by atoms with Crippen molar-refractivity contribution in [2.75, 3.05) is 5.43 Å². The molecule has 0 atom stereocenters. The van der Waals surface area contributed by atoms with E-state index in [0.29, 0.717) is 11.4 Å². The van der Waals surface area contributed by atoms with Gasteiger partial charge in [-0.1, -0.05) is 48.0 Å². The SMILES string of the molecule is Fc1ccc(N/N=C(/c2ccccc2)c2ccccn2)cc1Cl. The molecule has 2 aromatic carbocycles. The third-order valence-corrected chi connectivity index (χ3v) is 3.46. The van der Waals surface area contributed by atoms with E-state index in [4.69, 9.17) is 11.6 Å². The number of nitrogens with zero attached hydrogens (tertiary/aromatic N) is 2. The van der Waals surface area contributed by atoms with Gasteiger partial charge in [-0.15, -0.1) is 0 Å². The molecule has 0 saturated heterocycles.